The second-order valence-corrected chi connectivity index (χ2v) is 3.13. The maximum Gasteiger partial charge on any atom is 0.188 e. The second-order valence-electron chi connectivity index (χ2n) is 3.13. The minimum atomic E-state index is -0.00468. The van der Waals surface area contributed by atoms with Gasteiger partial charge in [0.15, 0.2) is 5.78 Å². The lowest BCUT2D eigenvalue weighted by molar-refractivity contribution is 0.0783. The van der Waals surface area contributed by atoms with Crippen LogP contribution in [0.25, 0.3) is 0 Å². The summed E-state index contributed by atoms with van der Waals surface area (Å²) in [6.45, 7) is 4.44. The third kappa shape index (κ3) is 2.57. The summed E-state index contributed by atoms with van der Waals surface area (Å²) in [4.78, 5) is 11.5. The van der Waals surface area contributed by atoms with Crippen LogP contribution in [0.3, 0.4) is 0 Å². The van der Waals surface area contributed by atoms with E-state index in [-0.39, 0.29) is 12.4 Å². The summed E-state index contributed by atoms with van der Waals surface area (Å²) in [5.41, 5.74) is 7.93. The Morgan fingerprint density at radius 1 is 1.50 bits per heavy atom. The molecule has 0 bridgehead atoms. The number of anilines is 1. The number of rotatable bonds is 4. The summed E-state index contributed by atoms with van der Waals surface area (Å²) >= 11 is 0. The number of carbonyl (C=O) groups is 1. The number of ketones is 1. The minimum Gasteiger partial charge on any atom is -0.399 e. The first-order valence-electron chi connectivity index (χ1n) is 4.62. The number of benzene rings is 1. The van der Waals surface area contributed by atoms with E-state index in [1.54, 1.807) is 18.2 Å². The van der Waals surface area contributed by atoms with Crippen LogP contribution in [0, 0.1) is 6.92 Å². The molecule has 0 atom stereocenters. The van der Waals surface area contributed by atoms with Crippen LogP contribution in [0.5, 0.6) is 0 Å². The number of hydrogen-bond acceptors (Lipinski definition) is 3. The number of nitrogens with two attached hydrogens (primary N) is 1. The van der Waals surface area contributed by atoms with Gasteiger partial charge in [0, 0.05) is 17.9 Å². The van der Waals surface area contributed by atoms with Crippen LogP contribution in [-0.4, -0.2) is 19.0 Å². The van der Waals surface area contributed by atoms with Crippen molar-refractivity contribution >= 4 is 11.5 Å². The number of carbonyl (C=O) groups excluding carboxylic acids is 1. The molecule has 0 heterocycles. The number of ether oxygens (including phenoxy) is 1. The van der Waals surface area contributed by atoms with Crippen molar-refractivity contribution in [2.75, 3.05) is 18.9 Å². The molecule has 1 rings (SSSR count). The van der Waals surface area contributed by atoms with Crippen molar-refractivity contribution < 1.29 is 9.53 Å². The standard InChI is InChI=1S/C11H15NO2/c1-3-14-7-11(13)9-4-5-10(12)8(2)6-9/h4-6H,3,7,12H2,1-2H3. The van der Waals surface area contributed by atoms with E-state index >= 15 is 0 Å². The molecule has 1 aromatic rings. The van der Waals surface area contributed by atoms with Crippen molar-refractivity contribution in [1.29, 1.82) is 0 Å². The summed E-state index contributed by atoms with van der Waals surface area (Å²) in [5, 5.41) is 0. The molecular weight excluding hydrogens is 178 g/mol. The highest BCUT2D eigenvalue weighted by Crippen LogP contribution is 2.13. The van der Waals surface area contributed by atoms with E-state index < -0.39 is 0 Å². The Bertz CT molecular complexity index is 334. The van der Waals surface area contributed by atoms with Gasteiger partial charge in [-0.2, -0.15) is 0 Å². The SMILES string of the molecule is CCOCC(=O)c1ccc(N)c(C)c1. The monoisotopic (exact) mass is 193 g/mol. The van der Waals surface area contributed by atoms with E-state index in [0.29, 0.717) is 17.9 Å². The van der Waals surface area contributed by atoms with E-state index in [1.807, 2.05) is 13.8 Å². The third-order valence-electron chi connectivity index (χ3n) is 2.03. The molecule has 0 aliphatic heterocycles. The van der Waals surface area contributed by atoms with Gasteiger partial charge in [-0.05, 0) is 37.6 Å². The van der Waals surface area contributed by atoms with Crippen molar-refractivity contribution in [3.8, 4) is 0 Å². The van der Waals surface area contributed by atoms with Gasteiger partial charge < -0.3 is 10.5 Å². The molecule has 0 aliphatic rings. The van der Waals surface area contributed by atoms with E-state index in [2.05, 4.69) is 0 Å². The van der Waals surface area contributed by atoms with Crippen LogP contribution < -0.4 is 5.73 Å². The smallest absolute Gasteiger partial charge is 0.188 e. The zero-order valence-corrected chi connectivity index (χ0v) is 8.54. The van der Waals surface area contributed by atoms with Crippen molar-refractivity contribution in [3.05, 3.63) is 29.3 Å². The number of hydrogen-bond donors (Lipinski definition) is 1. The van der Waals surface area contributed by atoms with Crippen LogP contribution in [0.15, 0.2) is 18.2 Å². The molecule has 0 aliphatic carbocycles. The molecular formula is C11H15NO2. The number of nitrogen functional groups attached to an aromatic ring is 1. The fourth-order valence-electron chi connectivity index (χ4n) is 1.13. The van der Waals surface area contributed by atoms with Crippen molar-refractivity contribution in [3.63, 3.8) is 0 Å². The molecule has 3 nitrogen and oxygen atoms in total. The molecule has 76 valence electrons. The van der Waals surface area contributed by atoms with Gasteiger partial charge in [0.25, 0.3) is 0 Å². The van der Waals surface area contributed by atoms with E-state index in [4.69, 9.17) is 10.5 Å². The molecule has 0 amide bonds. The fourth-order valence-corrected chi connectivity index (χ4v) is 1.13. The highest BCUT2D eigenvalue weighted by Gasteiger charge is 2.06. The van der Waals surface area contributed by atoms with Crippen LogP contribution in [-0.2, 0) is 4.74 Å². The first-order valence-corrected chi connectivity index (χ1v) is 4.62. The summed E-state index contributed by atoms with van der Waals surface area (Å²) in [5.74, 6) is -0.00468. The zero-order chi connectivity index (χ0) is 10.6. The van der Waals surface area contributed by atoms with Crippen molar-refractivity contribution in [2.45, 2.75) is 13.8 Å². The van der Waals surface area contributed by atoms with Crippen molar-refractivity contribution in [2.24, 2.45) is 0 Å². The molecule has 3 heteroatoms. The predicted molar refractivity (Wildman–Crippen MR) is 56.4 cm³/mol. The molecule has 14 heavy (non-hydrogen) atoms. The predicted octanol–water partition coefficient (Wildman–Crippen LogP) is 1.80. The van der Waals surface area contributed by atoms with E-state index in [0.717, 1.165) is 5.56 Å². The lowest BCUT2D eigenvalue weighted by Crippen LogP contribution is -2.09. The van der Waals surface area contributed by atoms with Gasteiger partial charge in [0.05, 0.1) is 0 Å². The van der Waals surface area contributed by atoms with E-state index in [9.17, 15) is 4.79 Å². The zero-order valence-electron chi connectivity index (χ0n) is 8.54. The lowest BCUT2D eigenvalue weighted by Gasteiger charge is -2.04. The first-order chi connectivity index (χ1) is 6.65. The summed E-state index contributed by atoms with van der Waals surface area (Å²) in [7, 11) is 0. The molecule has 2 N–H and O–H groups in total. The molecule has 0 saturated heterocycles. The normalized spacial score (nSPS) is 10.1. The summed E-state index contributed by atoms with van der Waals surface area (Å²) in [6, 6.07) is 5.26. The summed E-state index contributed by atoms with van der Waals surface area (Å²) < 4.78 is 5.04. The van der Waals surface area contributed by atoms with Crippen LogP contribution in [0.2, 0.25) is 0 Å². The molecule has 1 aromatic carbocycles. The van der Waals surface area contributed by atoms with Gasteiger partial charge >= 0.3 is 0 Å². The second kappa shape index (κ2) is 4.77. The Kier molecular flexibility index (Phi) is 3.65. The topological polar surface area (TPSA) is 52.3 Å². The van der Waals surface area contributed by atoms with Crippen LogP contribution in [0.4, 0.5) is 5.69 Å². The van der Waals surface area contributed by atoms with E-state index in [1.165, 1.54) is 0 Å². The Hall–Kier alpha value is -1.35. The van der Waals surface area contributed by atoms with Gasteiger partial charge in [-0.25, -0.2) is 0 Å². The van der Waals surface area contributed by atoms with Gasteiger partial charge in [-0.15, -0.1) is 0 Å². The van der Waals surface area contributed by atoms with Crippen LogP contribution in [0.1, 0.15) is 22.8 Å². The Labute approximate surface area is 83.9 Å². The van der Waals surface area contributed by atoms with Crippen molar-refractivity contribution in [1.82, 2.24) is 0 Å². The van der Waals surface area contributed by atoms with Crippen LogP contribution >= 0.6 is 0 Å². The highest BCUT2D eigenvalue weighted by atomic mass is 16.5. The molecule has 0 saturated carbocycles. The maximum absolute atomic E-state index is 11.5. The van der Waals surface area contributed by atoms with Gasteiger partial charge in [-0.1, -0.05) is 0 Å². The first kappa shape index (κ1) is 10.7. The molecule has 0 radical (unpaired) electrons. The molecule has 0 fully saturated rings. The average Bonchev–Trinajstić information content (AvgIpc) is 2.18. The maximum atomic E-state index is 11.5. The largest absolute Gasteiger partial charge is 0.399 e. The Morgan fingerprint density at radius 3 is 2.79 bits per heavy atom. The average molecular weight is 193 g/mol. The Morgan fingerprint density at radius 2 is 2.21 bits per heavy atom. The van der Waals surface area contributed by atoms with Gasteiger partial charge in [0.1, 0.15) is 6.61 Å². The number of Topliss-reactive ketones (excluding diaryl/α,β-unsaturated/α-hetero) is 1. The molecule has 0 unspecified atom stereocenters. The molecule has 0 spiro atoms. The molecule has 0 aromatic heterocycles. The Balaban J connectivity index is 2.76. The highest BCUT2D eigenvalue weighted by molar-refractivity contribution is 5.97. The minimum absolute atomic E-state index is 0.00468. The summed E-state index contributed by atoms with van der Waals surface area (Å²) in [6.07, 6.45) is 0. The third-order valence-corrected chi connectivity index (χ3v) is 2.03. The fraction of sp³-hybridized carbons (Fsp3) is 0.364. The van der Waals surface area contributed by atoms with Gasteiger partial charge in [-0.3, -0.25) is 4.79 Å². The number of aryl methyl sites for hydroxylation is 1. The lowest BCUT2D eigenvalue weighted by atomic mass is 10.1. The quantitative estimate of drug-likeness (QED) is 0.586. The van der Waals surface area contributed by atoms with Gasteiger partial charge in [0.2, 0.25) is 0 Å².